The van der Waals surface area contributed by atoms with Crippen molar-refractivity contribution in [3.63, 3.8) is 0 Å². The van der Waals surface area contributed by atoms with Crippen LogP contribution < -0.4 is 5.73 Å². The van der Waals surface area contributed by atoms with E-state index in [9.17, 15) is 0 Å². The first-order chi connectivity index (χ1) is 8.65. The Morgan fingerprint density at radius 3 is 2.61 bits per heavy atom. The van der Waals surface area contributed by atoms with Gasteiger partial charge in [-0.3, -0.25) is 4.90 Å². The van der Waals surface area contributed by atoms with Crippen LogP contribution in [0.4, 0.5) is 0 Å². The lowest BCUT2D eigenvalue weighted by Gasteiger charge is -2.50. The molecule has 0 aromatic carbocycles. The molecular formula is C14H23N3S. The van der Waals surface area contributed by atoms with Crippen molar-refractivity contribution in [3.8, 4) is 0 Å². The first-order valence-electron chi connectivity index (χ1n) is 7.10. The highest BCUT2D eigenvalue weighted by Crippen LogP contribution is 2.40. The highest BCUT2D eigenvalue weighted by Gasteiger charge is 2.40. The number of nitrogens with two attached hydrogens (primary N) is 1. The third-order valence-corrected chi connectivity index (χ3v) is 5.59. The van der Waals surface area contributed by atoms with E-state index in [2.05, 4.69) is 23.7 Å². The summed E-state index contributed by atoms with van der Waals surface area (Å²) in [5.41, 5.74) is 6.19. The number of fused-ring (bicyclic) bond motifs is 2. The van der Waals surface area contributed by atoms with Crippen molar-refractivity contribution in [2.75, 3.05) is 0 Å². The van der Waals surface area contributed by atoms with E-state index in [1.165, 1.54) is 42.0 Å². The second kappa shape index (κ2) is 4.91. The molecule has 4 heteroatoms. The Hall–Kier alpha value is -0.450. The lowest BCUT2D eigenvalue weighted by molar-refractivity contribution is -0.000569. The van der Waals surface area contributed by atoms with Crippen molar-refractivity contribution in [1.82, 2.24) is 9.88 Å². The molecule has 0 spiro atoms. The van der Waals surface area contributed by atoms with Crippen molar-refractivity contribution in [2.45, 2.75) is 70.1 Å². The number of aryl methyl sites for hydroxylation is 1. The Bertz CT molecular complexity index is 403. The molecule has 2 aliphatic rings. The number of hydrogen-bond donors (Lipinski definition) is 1. The highest BCUT2D eigenvalue weighted by atomic mass is 32.1. The zero-order valence-corrected chi connectivity index (χ0v) is 12.1. The maximum absolute atomic E-state index is 6.19. The monoisotopic (exact) mass is 265 g/mol. The first-order valence-corrected chi connectivity index (χ1v) is 7.92. The molecule has 2 bridgehead atoms. The van der Waals surface area contributed by atoms with Crippen LogP contribution in [0.3, 0.4) is 0 Å². The van der Waals surface area contributed by atoms with Crippen LogP contribution in [-0.4, -0.2) is 28.0 Å². The second-order valence-corrected chi connectivity index (χ2v) is 7.17. The van der Waals surface area contributed by atoms with Crippen LogP contribution >= 0.6 is 11.3 Å². The Kier molecular flexibility index (Phi) is 3.43. The van der Waals surface area contributed by atoms with Gasteiger partial charge in [0.2, 0.25) is 0 Å². The molecule has 3 nitrogen and oxygen atoms in total. The number of hydrogen-bond acceptors (Lipinski definition) is 4. The number of thiazole rings is 1. The quantitative estimate of drug-likeness (QED) is 0.894. The van der Waals surface area contributed by atoms with Crippen LogP contribution in [-0.2, 0) is 0 Å². The molecule has 1 aromatic heterocycles. The number of piperidine rings is 2. The van der Waals surface area contributed by atoms with E-state index in [4.69, 9.17) is 5.73 Å². The van der Waals surface area contributed by atoms with Crippen molar-refractivity contribution >= 4 is 11.3 Å². The molecule has 18 heavy (non-hydrogen) atoms. The van der Waals surface area contributed by atoms with Gasteiger partial charge in [-0.1, -0.05) is 6.42 Å². The lowest BCUT2D eigenvalue weighted by Crippen LogP contribution is -2.55. The molecule has 3 rings (SSSR count). The smallest absolute Gasteiger partial charge is 0.110 e. The molecular weight excluding hydrogens is 242 g/mol. The summed E-state index contributed by atoms with van der Waals surface area (Å²) in [4.78, 5) is 8.61. The van der Waals surface area contributed by atoms with E-state index < -0.39 is 0 Å². The summed E-state index contributed by atoms with van der Waals surface area (Å²) in [6, 6.07) is 2.26. The van der Waals surface area contributed by atoms with E-state index >= 15 is 0 Å². The third kappa shape index (κ3) is 2.22. The molecule has 100 valence electrons. The number of aromatic nitrogens is 1. The van der Waals surface area contributed by atoms with Crippen LogP contribution in [0.25, 0.3) is 0 Å². The molecule has 0 amide bonds. The van der Waals surface area contributed by atoms with Crippen molar-refractivity contribution < 1.29 is 0 Å². The van der Waals surface area contributed by atoms with E-state index in [0.29, 0.717) is 24.2 Å². The summed E-state index contributed by atoms with van der Waals surface area (Å²) in [6.45, 7) is 4.46. The molecule has 0 saturated carbocycles. The summed E-state index contributed by atoms with van der Waals surface area (Å²) >= 11 is 1.84. The van der Waals surface area contributed by atoms with Crippen LogP contribution in [0, 0.1) is 6.92 Å². The van der Waals surface area contributed by atoms with Crippen molar-refractivity contribution in [2.24, 2.45) is 5.73 Å². The average molecular weight is 265 g/mol. The summed E-state index contributed by atoms with van der Waals surface area (Å²) in [6.07, 6.45) is 8.36. The van der Waals surface area contributed by atoms with Gasteiger partial charge in [0.1, 0.15) is 5.01 Å². The minimum absolute atomic E-state index is 0.418. The second-order valence-electron chi connectivity index (χ2n) is 5.90. The Morgan fingerprint density at radius 1 is 1.39 bits per heavy atom. The summed E-state index contributed by atoms with van der Waals surface area (Å²) in [5, 5.41) is 1.28. The molecule has 3 heterocycles. The molecule has 2 N–H and O–H groups in total. The predicted octanol–water partition coefficient (Wildman–Crippen LogP) is 2.86. The lowest BCUT2D eigenvalue weighted by atomic mass is 9.81. The largest absolute Gasteiger partial charge is 0.328 e. The molecule has 3 atom stereocenters. The molecule has 2 fully saturated rings. The van der Waals surface area contributed by atoms with Gasteiger partial charge in [0.15, 0.2) is 0 Å². The zero-order chi connectivity index (χ0) is 12.7. The molecule has 0 radical (unpaired) electrons. The highest BCUT2D eigenvalue weighted by molar-refractivity contribution is 7.11. The summed E-state index contributed by atoms with van der Waals surface area (Å²) in [5.74, 6) is 0. The molecule has 0 aliphatic carbocycles. The van der Waals surface area contributed by atoms with Gasteiger partial charge >= 0.3 is 0 Å². The minimum atomic E-state index is 0.418. The van der Waals surface area contributed by atoms with E-state index in [-0.39, 0.29) is 0 Å². The fraction of sp³-hybridized carbons (Fsp3) is 0.786. The number of rotatable bonds is 2. The Morgan fingerprint density at radius 2 is 2.06 bits per heavy atom. The molecule has 1 aromatic rings. The van der Waals surface area contributed by atoms with E-state index in [1.54, 1.807) is 0 Å². The van der Waals surface area contributed by atoms with Crippen LogP contribution in [0.15, 0.2) is 6.20 Å². The van der Waals surface area contributed by atoms with Gasteiger partial charge in [0, 0.05) is 29.2 Å². The zero-order valence-electron chi connectivity index (χ0n) is 11.3. The van der Waals surface area contributed by atoms with Crippen LogP contribution in [0.2, 0.25) is 0 Å². The molecule has 2 aliphatic heterocycles. The third-order valence-electron chi connectivity index (χ3n) is 4.51. The van der Waals surface area contributed by atoms with Gasteiger partial charge in [-0.15, -0.1) is 11.3 Å². The summed E-state index contributed by atoms with van der Waals surface area (Å²) in [7, 11) is 0. The fourth-order valence-electron chi connectivity index (χ4n) is 3.78. The summed E-state index contributed by atoms with van der Waals surface area (Å²) < 4.78 is 0. The van der Waals surface area contributed by atoms with Crippen molar-refractivity contribution in [3.05, 3.63) is 16.1 Å². The number of nitrogens with zero attached hydrogens (tertiary/aromatic N) is 2. The van der Waals surface area contributed by atoms with Crippen molar-refractivity contribution in [1.29, 1.82) is 0 Å². The fourth-order valence-corrected chi connectivity index (χ4v) is 4.62. The Labute approximate surface area is 113 Å². The van der Waals surface area contributed by atoms with Gasteiger partial charge in [-0.25, -0.2) is 4.98 Å². The SMILES string of the molecule is Cc1cnc(C(C)N2C3CCCC2CC(N)C3)s1. The maximum atomic E-state index is 6.19. The first kappa shape index (κ1) is 12.6. The van der Waals surface area contributed by atoms with Gasteiger partial charge < -0.3 is 5.73 Å². The van der Waals surface area contributed by atoms with Gasteiger partial charge in [0.05, 0.1) is 6.04 Å². The van der Waals surface area contributed by atoms with Gasteiger partial charge in [-0.05, 0) is 39.5 Å². The topological polar surface area (TPSA) is 42.2 Å². The average Bonchev–Trinajstić information content (AvgIpc) is 2.74. The predicted molar refractivity (Wildman–Crippen MR) is 75.7 cm³/mol. The Balaban J connectivity index is 1.82. The minimum Gasteiger partial charge on any atom is -0.328 e. The molecule has 2 saturated heterocycles. The standard InChI is InChI=1S/C14H23N3S/c1-9-8-16-14(18-9)10(2)17-12-4-3-5-13(17)7-11(15)6-12/h8,10-13H,3-7,15H2,1-2H3. The molecule has 3 unspecified atom stereocenters. The van der Waals surface area contributed by atoms with E-state index in [0.717, 1.165) is 0 Å². The van der Waals surface area contributed by atoms with Gasteiger partial charge in [0.25, 0.3) is 0 Å². The van der Waals surface area contributed by atoms with Crippen LogP contribution in [0.1, 0.15) is 55.0 Å². The maximum Gasteiger partial charge on any atom is 0.110 e. The normalized spacial score (nSPS) is 34.5. The van der Waals surface area contributed by atoms with Crippen LogP contribution in [0.5, 0.6) is 0 Å². The van der Waals surface area contributed by atoms with E-state index in [1.807, 2.05) is 17.5 Å². The van der Waals surface area contributed by atoms with Gasteiger partial charge in [-0.2, -0.15) is 0 Å².